The van der Waals surface area contributed by atoms with Crippen LogP contribution in [0, 0.1) is 6.92 Å². The van der Waals surface area contributed by atoms with Gasteiger partial charge in [-0.25, -0.2) is 0 Å². The lowest BCUT2D eigenvalue weighted by atomic mass is 10.0. The van der Waals surface area contributed by atoms with E-state index in [4.69, 9.17) is 0 Å². The van der Waals surface area contributed by atoms with Gasteiger partial charge in [-0.3, -0.25) is 9.59 Å². The molecule has 1 aliphatic carbocycles. The van der Waals surface area contributed by atoms with E-state index in [1.807, 2.05) is 13.8 Å². The number of hydrogen-bond acceptors (Lipinski definition) is 2. The Morgan fingerprint density at radius 2 is 1.81 bits per heavy atom. The molecular formula is C17H26N2O2. The summed E-state index contributed by atoms with van der Waals surface area (Å²) >= 11 is 0. The van der Waals surface area contributed by atoms with E-state index in [9.17, 15) is 9.59 Å². The lowest BCUT2D eigenvalue weighted by Crippen LogP contribution is -2.35. The van der Waals surface area contributed by atoms with Crippen molar-refractivity contribution in [1.29, 1.82) is 0 Å². The molecule has 1 heterocycles. The van der Waals surface area contributed by atoms with Crippen molar-refractivity contribution in [3.8, 4) is 0 Å². The molecule has 0 saturated heterocycles. The molecule has 1 saturated carbocycles. The number of amides is 1. The molecule has 116 valence electrons. The highest BCUT2D eigenvalue weighted by molar-refractivity contribution is 6.02. The van der Waals surface area contributed by atoms with Crippen LogP contribution in [0.25, 0.3) is 0 Å². The molecule has 0 aliphatic heterocycles. The third-order valence-corrected chi connectivity index (χ3v) is 4.41. The van der Waals surface area contributed by atoms with Gasteiger partial charge in [0, 0.05) is 17.3 Å². The van der Waals surface area contributed by atoms with Crippen molar-refractivity contribution in [2.24, 2.45) is 0 Å². The van der Waals surface area contributed by atoms with Crippen LogP contribution in [-0.2, 0) is 6.42 Å². The second kappa shape index (κ2) is 6.92. The van der Waals surface area contributed by atoms with E-state index in [0.717, 1.165) is 24.1 Å². The molecule has 0 spiro atoms. The van der Waals surface area contributed by atoms with Crippen LogP contribution >= 0.6 is 0 Å². The SMILES string of the molecule is CCc1c(C(=O)NC2CCCCCC2)[nH]c(C)c1C(C)=O. The van der Waals surface area contributed by atoms with Gasteiger partial charge in [-0.2, -0.15) is 0 Å². The molecule has 1 aromatic heterocycles. The van der Waals surface area contributed by atoms with Crippen molar-refractivity contribution < 1.29 is 9.59 Å². The second-order valence-electron chi connectivity index (χ2n) is 6.05. The maximum atomic E-state index is 12.5. The quantitative estimate of drug-likeness (QED) is 0.658. The summed E-state index contributed by atoms with van der Waals surface area (Å²) in [4.78, 5) is 27.4. The number of hydrogen-bond donors (Lipinski definition) is 2. The third kappa shape index (κ3) is 3.55. The number of aromatic amines is 1. The maximum Gasteiger partial charge on any atom is 0.268 e. The molecule has 0 aromatic carbocycles. The molecule has 2 rings (SSSR count). The van der Waals surface area contributed by atoms with Gasteiger partial charge in [-0.15, -0.1) is 0 Å². The minimum absolute atomic E-state index is 0.0223. The molecule has 4 nitrogen and oxygen atoms in total. The van der Waals surface area contributed by atoms with Crippen LogP contribution in [-0.4, -0.2) is 22.7 Å². The minimum Gasteiger partial charge on any atom is -0.354 e. The first-order valence-electron chi connectivity index (χ1n) is 8.07. The summed E-state index contributed by atoms with van der Waals surface area (Å²) < 4.78 is 0. The average Bonchev–Trinajstić information content (AvgIpc) is 2.60. The number of carbonyl (C=O) groups excluding carboxylic acids is 2. The molecule has 1 fully saturated rings. The fourth-order valence-corrected chi connectivity index (χ4v) is 3.38. The van der Waals surface area contributed by atoms with Crippen LogP contribution in [0.4, 0.5) is 0 Å². The fourth-order valence-electron chi connectivity index (χ4n) is 3.38. The molecule has 1 aromatic rings. The average molecular weight is 290 g/mol. The van der Waals surface area contributed by atoms with Gasteiger partial charge < -0.3 is 10.3 Å². The Labute approximate surface area is 126 Å². The first kappa shape index (κ1) is 15.8. The van der Waals surface area contributed by atoms with Crippen LogP contribution in [0.1, 0.15) is 84.5 Å². The van der Waals surface area contributed by atoms with Gasteiger partial charge >= 0.3 is 0 Å². The minimum atomic E-state index is -0.0608. The predicted molar refractivity (Wildman–Crippen MR) is 83.9 cm³/mol. The maximum absolute atomic E-state index is 12.5. The zero-order chi connectivity index (χ0) is 15.4. The number of Topliss-reactive ketones (excluding diaryl/α,β-unsaturated/α-hetero) is 1. The molecule has 21 heavy (non-hydrogen) atoms. The third-order valence-electron chi connectivity index (χ3n) is 4.41. The van der Waals surface area contributed by atoms with Crippen LogP contribution in [0.2, 0.25) is 0 Å². The molecule has 2 N–H and O–H groups in total. The Morgan fingerprint density at radius 3 is 2.33 bits per heavy atom. The molecule has 1 amide bonds. The van der Waals surface area contributed by atoms with E-state index in [1.54, 1.807) is 6.92 Å². The largest absolute Gasteiger partial charge is 0.354 e. The molecule has 0 atom stereocenters. The van der Waals surface area contributed by atoms with Crippen molar-refractivity contribution in [2.45, 2.75) is 71.8 Å². The van der Waals surface area contributed by atoms with E-state index in [1.165, 1.54) is 25.7 Å². The fraction of sp³-hybridized carbons (Fsp3) is 0.647. The lowest BCUT2D eigenvalue weighted by Gasteiger charge is -2.16. The van der Waals surface area contributed by atoms with Gasteiger partial charge in [0.1, 0.15) is 5.69 Å². The highest BCUT2D eigenvalue weighted by Gasteiger charge is 2.23. The lowest BCUT2D eigenvalue weighted by molar-refractivity contribution is 0.0927. The number of aryl methyl sites for hydroxylation is 1. The Bertz CT molecular complexity index is 523. The number of carbonyl (C=O) groups is 2. The summed E-state index contributed by atoms with van der Waals surface area (Å²) in [5, 5.41) is 3.15. The summed E-state index contributed by atoms with van der Waals surface area (Å²) in [5.41, 5.74) is 2.91. The second-order valence-corrected chi connectivity index (χ2v) is 6.05. The molecule has 0 unspecified atom stereocenters. The van der Waals surface area contributed by atoms with Gasteiger partial charge in [0.15, 0.2) is 5.78 Å². The zero-order valence-corrected chi connectivity index (χ0v) is 13.3. The summed E-state index contributed by atoms with van der Waals surface area (Å²) in [6, 6.07) is 0.272. The molecule has 0 radical (unpaired) electrons. The number of ketones is 1. The molecule has 1 aliphatic rings. The van der Waals surface area contributed by atoms with Gasteiger partial charge in [0.05, 0.1) is 0 Å². The topological polar surface area (TPSA) is 62.0 Å². The standard InChI is InChI=1S/C17H26N2O2/c1-4-14-15(12(3)20)11(2)18-16(14)17(21)19-13-9-7-5-6-8-10-13/h13,18H,4-10H2,1-3H3,(H,19,21). The number of nitrogens with one attached hydrogen (secondary N) is 2. The van der Waals surface area contributed by atoms with E-state index in [2.05, 4.69) is 10.3 Å². The first-order valence-corrected chi connectivity index (χ1v) is 8.07. The summed E-state index contributed by atoms with van der Waals surface area (Å²) in [5.74, 6) is -0.0385. The Hall–Kier alpha value is -1.58. The van der Waals surface area contributed by atoms with Gasteiger partial charge in [-0.05, 0) is 38.7 Å². The highest BCUT2D eigenvalue weighted by atomic mass is 16.2. The van der Waals surface area contributed by atoms with E-state index >= 15 is 0 Å². The smallest absolute Gasteiger partial charge is 0.268 e. The van der Waals surface area contributed by atoms with E-state index in [-0.39, 0.29) is 17.7 Å². The van der Waals surface area contributed by atoms with Crippen molar-refractivity contribution in [2.75, 3.05) is 0 Å². The molecule has 0 bridgehead atoms. The monoisotopic (exact) mass is 290 g/mol. The van der Waals surface area contributed by atoms with Crippen molar-refractivity contribution in [1.82, 2.24) is 10.3 Å². The van der Waals surface area contributed by atoms with Crippen LogP contribution in [0.3, 0.4) is 0 Å². The van der Waals surface area contributed by atoms with Gasteiger partial charge in [0.2, 0.25) is 0 Å². The summed E-state index contributed by atoms with van der Waals surface area (Å²) in [7, 11) is 0. The summed E-state index contributed by atoms with van der Waals surface area (Å²) in [6.07, 6.45) is 7.72. The van der Waals surface area contributed by atoms with E-state index < -0.39 is 0 Å². The van der Waals surface area contributed by atoms with Crippen molar-refractivity contribution >= 4 is 11.7 Å². The van der Waals surface area contributed by atoms with E-state index in [0.29, 0.717) is 17.7 Å². The van der Waals surface area contributed by atoms with Crippen LogP contribution < -0.4 is 5.32 Å². The van der Waals surface area contributed by atoms with Gasteiger partial charge in [-0.1, -0.05) is 32.6 Å². The normalized spacial score (nSPS) is 16.5. The Kier molecular flexibility index (Phi) is 5.21. The summed E-state index contributed by atoms with van der Waals surface area (Å²) in [6.45, 7) is 5.40. The Morgan fingerprint density at radius 1 is 1.19 bits per heavy atom. The zero-order valence-electron chi connectivity index (χ0n) is 13.3. The van der Waals surface area contributed by atoms with Gasteiger partial charge in [0.25, 0.3) is 5.91 Å². The predicted octanol–water partition coefficient (Wildman–Crippen LogP) is 3.54. The van der Waals surface area contributed by atoms with Crippen LogP contribution in [0.5, 0.6) is 0 Å². The Balaban J connectivity index is 2.18. The molecule has 4 heteroatoms. The number of rotatable bonds is 4. The highest BCUT2D eigenvalue weighted by Crippen LogP contribution is 2.22. The number of aromatic nitrogens is 1. The van der Waals surface area contributed by atoms with Crippen molar-refractivity contribution in [3.05, 3.63) is 22.5 Å². The van der Waals surface area contributed by atoms with Crippen molar-refractivity contribution in [3.63, 3.8) is 0 Å². The number of H-pyrrole nitrogens is 1. The first-order chi connectivity index (χ1) is 10.0. The molecular weight excluding hydrogens is 264 g/mol. The van der Waals surface area contributed by atoms with Crippen LogP contribution in [0.15, 0.2) is 0 Å².